The smallest absolute Gasteiger partial charge is 0.244 e. The summed E-state index contributed by atoms with van der Waals surface area (Å²) >= 11 is 0. The summed E-state index contributed by atoms with van der Waals surface area (Å²) in [5.41, 5.74) is 2.38. The summed E-state index contributed by atoms with van der Waals surface area (Å²) in [7, 11) is 2.15. The van der Waals surface area contributed by atoms with Gasteiger partial charge in [-0.1, -0.05) is 38.1 Å². The lowest BCUT2D eigenvalue weighted by Gasteiger charge is -2.32. The first-order valence-corrected chi connectivity index (χ1v) is 8.51. The molecule has 0 radical (unpaired) electrons. The van der Waals surface area contributed by atoms with Gasteiger partial charge in [0.25, 0.3) is 0 Å². The SMILES string of the molecule is CC(C)c1ccc(/C=C\C(=O)NCCN2CCN(C)CC2)cc1. The molecule has 0 aliphatic carbocycles. The summed E-state index contributed by atoms with van der Waals surface area (Å²) in [6, 6.07) is 8.36. The first kappa shape index (κ1) is 17.7. The van der Waals surface area contributed by atoms with Crippen LogP contribution in [0.25, 0.3) is 6.08 Å². The Labute approximate surface area is 140 Å². The highest BCUT2D eigenvalue weighted by atomic mass is 16.1. The van der Waals surface area contributed by atoms with Crippen LogP contribution in [0.3, 0.4) is 0 Å². The molecule has 1 aromatic rings. The van der Waals surface area contributed by atoms with E-state index in [2.05, 4.69) is 60.3 Å². The predicted molar refractivity (Wildman–Crippen MR) is 96.5 cm³/mol. The number of hydrogen-bond donors (Lipinski definition) is 1. The molecule has 4 nitrogen and oxygen atoms in total. The average molecular weight is 315 g/mol. The molecule has 2 rings (SSSR count). The minimum absolute atomic E-state index is 0.0212. The third-order valence-corrected chi connectivity index (χ3v) is 4.35. The van der Waals surface area contributed by atoms with Crippen LogP contribution in [0.2, 0.25) is 0 Å². The number of hydrogen-bond acceptors (Lipinski definition) is 3. The van der Waals surface area contributed by atoms with E-state index >= 15 is 0 Å². The third kappa shape index (κ3) is 6.16. The van der Waals surface area contributed by atoms with Gasteiger partial charge in [-0.3, -0.25) is 9.69 Å². The van der Waals surface area contributed by atoms with Gasteiger partial charge in [0, 0.05) is 45.3 Å². The number of carbonyl (C=O) groups excluding carboxylic acids is 1. The zero-order chi connectivity index (χ0) is 16.7. The normalized spacial score (nSPS) is 17.0. The molecule has 0 bridgehead atoms. The maximum Gasteiger partial charge on any atom is 0.244 e. The van der Waals surface area contributed by atoms with Gasteiger partial charge in [0.05, 0.1) is 0 Å². The van der Waals surface area contributed by atoms with Crippen molar-refractivity contribution in [2.45, 2.75) is 19.8 Å². The number of rotatable bonds is 6. The maximum absolute atomic E-state index is 11.9. The van der Waals surface area contributed by atoms with Crippen LogP contribution >= 0.6 is 0 Å². The fraction of sp³-hybridized carbons (Fsp3) is 0.526. The Morgan fingerprint density at radius 2 is 1.83 bits per heavy atom. The van der Waals surface area contributed by atoms with Gasteiger partial charge in [-0.25, -0.2) is 0 Å². The van der Waals surface area contributed by atoms with E-state index < -0.39 is 0 Å². The van der Waals surface area contributed by atoms with Crippen LogP contribution in [0.15, 0.2) is 30.3 Å². The number of piperazine rings is 1. The lowest BCUT2D eigenvalue weighted by molar-refractivity contribution is -0.116. The Morgan fingerprint density at radius 3 is 2.43 bits per heavy atom. The highest BCUT2D eigenvalue weighted by Crippen LogP contribution is 2.15. The lowest BCUT2D eigenvalue weighted by atomic mass is 10.0. The van der Waals surface area contributed by atoms with Crippen LogP contribution in [0.1, 0.15) is 30.9 Å². The van der Waals surface area contributed by atoms with Crippen LogP contribution in [0.4, 0.5) is 0 Å². The molecule has 0 unspecified atom stereocenters. The number of nitrogens with one attached hydrogen (secondary N) is 1. The van der Waals surface area contributed by atoms with E-state index in [4.69, 9.17) is 0 Å². The molecule has 1 aliphatic rings. The second-order valence-corrected chi connectivity index (χ2v) is 6.59. The Kier molecular flexibility index (Phi) is 6.81. The number of carbonyl (C=O) groups is 1. The van der Waals surface area contributed by atoms with Crippen LogP contribution in [-0.2, 0) is 4.79 Å². The standard InChI is InChI=1S/C19H29N3O/c1-16(2)18-7-4-17(5-8-18)6-9-19(23)20-10-11-22-14-12-21(3)13-15-22/h4-9,16H,10-15H2,1-3H3,(H,20,23)/b9-6-. The topological polar surface area (TPSA) is 35.6 Å². The van der Waals surface area contributed by atoms with Crippen molar-refractivity contribution in [1.29, 1.82) is 0 Å². The third-order valence-electron chi connectivity index (χ3n) is 4.35. The second-order valence-electron chi connectivity index (χ2n) is 6.59. The van der Waals surface area contributed by atoms with Gasteiger partial charge in [-0.15, -0.1) is 0 Å². The summed E-state index contributed by atoms with van der Waals surface area (Å²) in [5.74, 6) is 0.512. The lowest BCUT2D eigenvalue weighted by Crippen LogP contribution is -2.46. The van der Waals surface area contributed by atoms with Crippen LogP contribution in [0, 0.1) is 0 Å². The highest BCUT2D eigenvalue weighted by molar-refractivity contribution is 5.91. The molecule has 23 heavy (non-hydrogen) atoms. The van der Waals surface area contributed by atoms with E-state index in [0.717, 1.165) is 38.3 Å². The molecule has 1 amide bonds. The molecule has 4 heteroatoms. The van der Waals surface area contributed by atoms with Gasteiger partial charge < -0.3 is 10.2 Å². The fourth-order valence-electron chi connectivity index (χ4n) is 2.63. The molecular weight excluding hydrogens is 286 g/mol. The molecule has 0 spiro atoms. The molecule has 1 saturated heterocycles. The molecule has 1 aliphatic heterocycles. The molecule has 0 atom stereocenters. The number of nitrogens with zero attached hydrogens (tertiary/aromatic N) is 2. The molecule has 1 fully saturated rings. The van der Waals surface area contributed by atoms with Gasteiger partial charge >= 0.3 is 0 Å². The van der Waals surface area contributed by atoms with Crippen LogP contribution in [-0.4, -0.2) is 62.0 Å². The monoisotopic (exact) mass is 315 g/mol. The summed E-state index contributed by atoms with van der Waals surface area (Å²) in [6.45, 7) is 10.4. The van der Waals surface area contributed by atoms with Crippen molar-refractivity contribution in [3.05, 3.63) is 41.5 Å². The maximum atomic E-state index is 11.9. The number of amides is 1. The van der Waals surface area contributed by atoms with Crippen molar-refractivity contribution in [2.24, 2.45) is 0 Å². The van der Waals surface area contributed by atoms with E-state index in [-0.39, 0.29) is 5.91 Å². The van der Waals surface area contributed by atoms with Gasteiger partial charge in [0.1, 0.15) is 0 Å². The second kappa shape index (κ2) is 8.85. The van der Waals surface area contributed by atoms with Crippen molar-refractivity contribution in [1.82, 2.24) is 15.1 Å². The minimum atomic E-state index is -0.0212. The van der Waals surface area contributed by atoms with Gasteiger partial charge in [0.15, 0.2) is 0 Å². The van der Waals surface area contributed by atoms with E-state index in [1.165, 1.54) is 5.56 Å². The fourth-order valence-corrected chi connectivity index (χ4v) is 2.63. The van der Waals surface area contributed by atoms with E-state index in [0.29, 0.717) is 12.5 Å². The van der Waals surface area contributed by atoms with Crippen LogP contribution in [0.5, 0.6) is 0 Å². The molecule has 0 saturated carbocycles. The van der Waals surface area contributed by atoms with E-state index in [1.54, 1.807) is 6.08 Å². The average Bonchev–Trinajstić information content (AvgIpc) is 2.55. The summed E-state index contributed by atoms with van der Waals surface area (Å²) in [4.78, 5) is 16.6. The summed E-state index contributed by atoms with van der Waals surface area (Å²) in [5, 5.41) is 2.96. The Bertz CT molecular complexity index is 514. The van der Waals surface area contributed by atoms with Crippen molar-refractivity contribution in [2.75, 3.05) is 46.3 Å². The first-order valence-electron chi connectivity index (χ1n) is 8.51. The zero-order valence-corrected chi connectivity index (χ0v) is 14.6. The number of benzene rings is 1. The Morgan fingerprint density at radius 1 is 1.17 bits per heavy atom. The van der Waals surface area contributed by atoms with Gasteiger partial charge in [0.2, 0.25) is 5.91 Å². The van der Waals surface area contributed by atoms with Gasteiger partial charge in [-0.05, 0) is 30.2 Å². The van der Waals surface area contributed by atoms with Crippen LogP contribution < -0.4 is 5.32 Å². The molecular formula is C19H29N3O. The Hall–Kier alpha value is -1.65. The van der Waals surface area contributed by atoms with Crippen molar-refractivity contribution in [3.8, 4) is 0 Å². The number of likely N-dealkylation sites (N-methyl/N-ethyl adjacent to an activating group) is 1. The quantitative estimate of drug-likeness (QED) is 0.818. The molecule has 0 aromatic heterocycles. The van der Waals surface area contributed by atoms with Crippen molar-refractivity contribution >= 4 is 12.0 Å². The summed E-state index contributed by atoms with van der Waals surface area (Å²) < 4.78 is 0. The first-order chi connectivity index (χ1) is 11.0. The molecule has 1 aromatic carbocycles. The van der Waals surface area contributed by atoms with Gasteiger partial charge in [-0.2, -0.15) is 0 Å². The highest BCUT2D eigenvalue weighted by Gasteiger charge is 2.12. The molecule has 1 N–H and O–H groups in total. The Balaban J connectivity index is 1.69. The van der Waals surface area contributed by atoms with Crippen molar-refractivity contribution < 1.29 is 4.79 Å². The predicted octanol–water partition coefficient (Wildman–Crippen LogP) is 2.19. The summed E-state index contributed by atoms with van der Waals surface area (Å²) in [6.07, 6.45) is 3.49. The molecule has 126 valence electrons. The largest absolute Gasteiger partial charge is 0.351 e. The van der Waals surface area contributed by atoms with Crippen molar-refractivity contribution in [3.63, 3.8) is 0 Å². The molecule has 1 heterocycles. The van der Waals surface area contributed by atoms with E-state index in [1.807, 2.05) is 6.08 Å². The zero-order valence-electron chi connectivity index (χ0n) is 14.6. The van der Waals surface area contributed by atoms with E-state index in [9.17, 15) is 4.79 Å². The minimum Gasteiger partial charge on any atom is -0.351 e.